The lowest BCUT2D eigenvalue weighted by atomic mass is 9.95. The Kier molecular flexibility index (Phi) is 2.25. The maximum Gasteiger partial charge on any atom is 0.270 e. The van der Waals surface area contributed by atoms with Crippen molar-refractivity contribution in [3.05, 3.63) is 59.0 Å². The SMILES string of the molecule is FC1(F)C=c2c(ccc3ccc4ccccc4c23)=CC1. The highest BCUT2D eigenvalue weighted by atomic mass is 19.3. The van der Waals surface area contributed by atoms with Gasteiger partial charge in [0.05, 0.1) is 0 Å². The van der Waals surface area contributed by atoms with Gasteiger partial charge in [0.2, 0.25) is 0 Å². The van der Waals surface area contributed by atoms with Gasteiger partial charge in [-0.2, -0.15) is 0 Å². The first kappa shape index (κ1) is 11.6. The molecule has 0 radical (unpaired) electrons. The second-order valence-corrected chi connectivity index (χ2v) is 5.27. The van der Waals surface area contributed by atoms with Gasteiger partial charge in [-0.15, -0.1) is 0 Å². The number of hydrogen-bond donors (Lipinski definition) is 0. The van der Waals surface area contributed by atoms with Crippen molar-refractivity contribution < 1.29 is 8.78 Å². The zero-order valence-corrected chi connectivity index (χ0v) is 10.7. The highest BCUT2D eigenvalue weighted by molar-refractivity contribution is 6.08. The summed E-state index contributed by atoms with van der Waals surface area (Å²) in [7, 11) is 0. The van der Waals surface area contributed by atoms with Crippen molar-refractivity contribution >= 4 is 33.7 Å². The van der Waals surface area contributed by atoms with Gasteiger partial charge in [0.15, 0.2) is 0 Å². The fourth-order valence-corrected chi connectivity index (χ4v) is 2.99. The van der Waals surface area contributed by atoms with Crippen LogP contribution in [0.5, 0.6) is 0 Å². The van der Waals surface area contributed by atoms with Crippen molar-refractivity contribution in [2.75, 3.05) is 0 Å². The van der Waals surface area contributed by atoms with Crippen LogP contribution in [0.15, 0.2) is 48.5 Å². The molecule has 4 rings (SSSR count). The predicted molar refractivity (Wildman–Crippen MR) is 79.2 cm³/mol. The van der Waals surface area contributed by atoms with E-state index in [-0.39, 0.29) is 6.42 Å². The highest BCUT2D eigenvalue weighted by Crippen LogP contribution is 2.25. The van der Waals surface area contributed by atoms with Gasteiger partial charge in [0, 0.05) is 6.42 Å². The molecular formula is C18H12F2. The molecule has 3 aromatic carbocycles. The van der Waals surface area contributed by atoms with Crippen LogP contribution in [0.25, 0.3) is 33.7 Å². The number of hydrogen-bond acceptors (Lipinski definition) is 0. The summed E-state index contributed by atoms with van der Waals surface area (Å²) < 4.78 is 27.4. The van der Waals surface area contributed by atoms with Gasteiger partial charge < -0.3 is 0 Å². The summed E-state index contributed by atoms with van der Waals surface area (Å²) in [6.07, 6.45) is 2.55. The molecule has 2 heteroatoms. The second-order valence-electron chi connectivity index (χ2n) is 5.27. The van der Waals surface area contributed by atoms with Crippen molar-refractivity contribution in [1.29, 1.82) is 0 Å². The molecule has 1 aliphatic rings. The predicted octanol–water partition coefficient (Wildman–Crippen LogP) is 3.59. The smallest absolute Gasteiger partial charge is 0.202 e. The number of alkyl halides is 2. The van der Waals surface area contributed by atoms with E-state index >= 15 is 0 Å². The number of rotatable bonds is 0. The van der Waals surface area contributed by atoms with Gasteiger partial charge in [-0.25, -0.2) is 8.78 Å². The Morgan fingerprint density at radius 2 is 1.60 bits per heavy atom. The topological polar surface area (TPSA) is 0 Å². The lowest BCUT2D eigenvalue weighted by Crippen LogP contribution is -2.33. The van der Waals surface area contributed by atoms with Crippen LogP contribution in [0.1, 0.15) is 6.42 Å². The lowest BCUT2D eigenvalue weighted by molar-refractivity contribution is 0.0798. The molecule has 0 saturated heterocycles. The molecule has 0 nitrogen and oxygen atoms in total. The molecule has 0 amide bonds. The molecule has 98 valence electrons. The third kappa shape index (κ3) is 1.64. The van der Waals surface area contributed by atoms with Gasteiger partial charge in [-0.1, -0.05) is 54.6 Å². The highest BCUT2D eigenvalue weighted by Gasteiger charge is 2.26. The van der Waals surface area contributed by atoms with Crippen LogP contribution in [-0.4, -0.2) is 5.92 Å². The Morgan fingerprint density at radius 3 is 2.50 bits per heavy atom. The number of halogens is 2. The summed E-state index contributed by atoms with van der Waals surface area (Å²) in [6.45, 7) is 0. The molecule has 0 unspecified atom stereocenters. The Labute approximate surface area is 114 Å². The zero-order valence-electron chi connectivity index (χ0n) is 10.7. The van der Waals surface area contributed by atoms with E-state index in [1.807, 2.05) is 48.5 Å². The second kappa shape index (κ2) is 3.89. The molecule has 0 atom stereocenters. The van der Waals surface area contributed by atoms with E-state index in [9.17, 15) is 8.78 Å². The van der Waals surface area contributed by atoms with E-state index in [1.165, 1.54) is 0 Å². The molecule has 0 spiro atoms. The van der Waals surface area contributed by atoms with Crippen LogP contribution >= 0.6 is 0 Å². The summed E-state index contributed by atoms with van der Waals surface area (Å²) in [4.78, 5) is 0. The van der Waals surface area contributed by atoms with E-state index in [0.29, 0.717) is 5.22 Å². The first-order chi connectivity index (χ1) is 9.64. The molecule has 0 aromatic heterocycles. The van der Waals surface area contributed by atoms with Gasteiger partial charge in [0.25, 0.3) is 5.92 Å². The summed E-state index contributed by atoms with van der Waals surface area (Å²) in [5, 5.41) is 5.61. The van der Waals surface area contributed by atoms with Gasteiger partial charge in [-0.3, -0.25) is 0 Å². The van der Waals surface area contributed by atoms with E-state index < -0.39 is 5.92 Å². The molecule has 0 aliphatic heterocycles. The zero-order chi connectivity index (χ0) is 13.7. The molecule has 3 aromatic rings. The van der Waals surface area contributed by atoms with Crippen molar-refractivity contribution in [3.63, 3.8) is 0 Å². The van der Waals surface area contributed by atoms with Gasteiger partial charge >= 0.3 is 0 Å². The summed E-state index contributed by atoms with van der Waals surface area (Å²) in [5.74, 6) is -2.75. The minimum atomic E-state index is -2.75. The van der Waals surface area contributed by atoms with Crippen LogP contribution in [0.4, 0.5) is 8.78 Å². The Morgan fingerprint density at radius 1 is 0.850 bits per heavy atom. The molecule has 1 aliphatic carbocycles. The molecule has 0 heterocycles. The monoisotopic (exact) mass is 266 g/mol. The van der Waals surface area contributed by atoms with E-state index in [0.717, 1.165) is 32.8 Å². The van der Waals surface area contributed by atoms with E-state index in [2.05, 4.69) is 0 Å². The van der Waals surface area contributed by atoms with Crippen molar-refractivity contribution in [3.8, 4) is 0 Å². The Hall–Kier alpha value is -2.22. The first-order valence-corrected chi connectivity index (χ1v) is 6.65. The average molecular weight is 266 g/mol. The van der Waals surface area contributed by atoms with Crippen LogP contribution in [-0.2, 0) is 0 Å². The summed E-state index contributed by atoms with van der Waals surface area (Å²) in [5.41, 5.74) is 0. The van der Waals surface area contributed by atoms with Crippen molar-refractivity contribution in [2.45, 2.75) is 12.3 Å². The fourth-order valence-electron chi connectivity index (χ4n) is 2.99. The third-order valence-electron chi connectivity index (χ3n) is 3.93. The molecule has 0 fully saturated rings. The normalized spacial score (nSPS) is 16.5. The molecule has 0 saturated carbocycles. The molecular weight excluding hydrogens is 254 g/mol. The fraction of sp³-hybridized carbons (Fsp3) is 0.111. The average Bonchev–Trinajstić information content (AvgIpc) is 2.45. The van der Waals surface area contributed by atoms with Crippen molar-refractivity contribution in [2.24, 2.45) is 0 Å². The molecule has 0 bridgehead atoms. The van der Waals surface area contributed by atoms with Crippen LogP contribution in [0, 0.1) is 0 Å². The largest absolute Gasteiger partial charge is 0.270 e. The quantitative estimate of drug-likeness (QED) is 0.545. The molecule has 0 N–H and O–H groups in total. The molecule has 20 heavy (non-hydrogen) atoms. The maximum absolute atomic E-state index is 13.7. The number of benzene rings is 3. The third-order valence-corrected chi connectivity index (χ3v) is 3.93. The van der Waals surface area contributed by atoms with E-state index in [1.54, 1.807) is 6.08 Å². The van der Waals surface area contributed by atoms with E-state index in [4.69, 9.17) is 0 Å². The first-order valence-electron chi connectivity index (χ1n) is 6.65. The summed E-state index contributed by atoms with van der Waals surface area (Å²) in [6, 6.07) is 15.9. The van der Waals surface area contributed by atoms with Gasteiger partial charge in [-0.05, 0) is 38.1 Å². The van der Waals surface area contributed by atoms with Crippen molar-refractivity contribution in [1.82, 2.24) is 0 Å². The maximum atomic E-state index is 13.7. The van der Waals surface area contributed by atoms with Crippen LogP contribution < -0.4 is 10.4 Å². The summed E-state index contributed by atoms with van der Waals surface area (Å²) >= 11 is 0. The standard InChI is InChI=1S/C18H12F2/c19-18(20)10-9-13-6-8-14-7-5-12-3-1-2-4-15(12)17(14)16(13)11-18/h1-9,11H,10H2. The van der Waals surface area contributed by atoms with Crippen LogP contribution in [0.3, 0.4) is 0 Å². The Balaban J connectivity index is 2.32. The van der Waals surface area contributed by atoms with Crippen LogP contribution in [0.2, 0.25) is 0 Å². The minimum absolute atomic E-state index is 0.212. The van der Waals surface area contributed by atoms with Gasteiger partial charge in [0.1, 0.15) is 0 Å². The lowest BCUT2D eigenvalue weighted by Gasteiger charge is -2.14. The Bertz CT molecular complexity index is 952. The minimum Gasteiger partial charge on any atom is -0.202 e. The number of fused-ring (bicyclic) bond motifs is 5.